The number of rotatable bonds is 4. The summed E-state index contributed by atoms with van der Waals surface area (Å²) >= 11 is 0. The molecule has 1 amide bonds. The number of hydrogen-bond donors (Lipinski definition) is 2. The maximum Gasteiger partial charge on any atom is 0.306 e. The lowest BCUT2D eigenvalue weighted by molar-refractivity contribution is -0.141. The number of nitrogens with one attached hydrogen (secondary N) is 1. The van der Waals surface area contributed by atoms with Crippen molar-refractivity contribution < 1.29 is 14.7 Å². The average Bonchev–Trinajstić information content (AvgIpc) is 2.94. The van der Waals surface area contributed by atoms with Crippen molar-refractivity contribution in [1.82, 2.24) is 15.1 Å². The predicted octanol–water partition coefficient (Wildman–Crippen LogP) is 0.537. The SMILES string of the molecule is Cn1nccc1CNC(=O)[C@@H]1CC[C@H](C(=O)O)C1. The van der Waals surface area contributed by atoms with E-state index in [1.807, 2.05) is 13.1 Å². The first-order valence-corrected chi connectivity index (χ1v) is 6.05. The molecule has 6 nitrogen and oxygen atoms in total. The number of carbonyl (C=O) groups excluding carboxylic acids is 1. The third kappa shape index (κ3) is 2.69. The molecular formula is C12H17N3O3. The van der Waals surface area contributed by atoms with E-state index in [9.17, 15) is 9.59 Å². The van der Waals surface area contributed by atoms with Gasteiger partial charge in [-0.15, -0.1) is 0 Å². The molecule has 1 aromatic rings. The molecule has 1 fully saturated rings. The lowest BCUT2D eigenvalue weighted by atomic mass is 10.0. The van der Waals surface area contributed by atoms with Crippen molar-refractivity contribution in [2.75, 3.05) is 0 Å². The van der Waals surface area contributed by atoms with E-state index in [0.29, 0.717) is 25.8 Å². The van der Waals surface area contributed by atoms with Crippen molar-refractivity contribution in [1.29, 1.82) is 0 Å². The van der Waals surface area contributed by atoms with Gasteiger partial charge in [-0.3, -0.25) is 14.3 Å². The molecule has 0 spiro atoms. The molecule has 1 heterocycles. The lowest BCUT2D eigenvalue weighted by Gasteiger charge is -2.10. The lowest BCUT2D eigenvalue weighted by Crippen LogP contribution is -2.30. The number of carboxylic acids is 1. The number of nitrogens with zero attached hydrogens (tertiary/aromatic N) is 2. The van der Waals surface area contributed by atoms with Gasteiger partial charge >= 0.3 is 5.97 Å². The number of amides is 1. The van der Waals surface area contributed by atoms with Crippen LogP contribution in [0.1, 0.15) is 25.0 Å². The summed E-state index contributed by atoms with van der Waals surface area (Å²) in [6, 6.07) is 1.84. The van der Waals surface area contributed by atoms with Crippen LogP contribution in [0.15, 0.2) is 12.3 Å². The van der Waals surface area contributed by atoms with E-state index in [1.165, 1.54) is 0 Å². The molecule has 0 aromatic carbocycles. The minimum Gasteiger partial charge on any atom is -0.481 e. The fourth-order valence-corrected chi connectivity index (χ4v) is 2.34. The van der Waals surface area contributed by atoms with Crippen LogP contribution in [0.4, 0.5) is 0 Å². The summed E-state index contributed by atoms with van der Waals surface area (Å²) in [6.45, 7) is 0.434. The summed E-state index contributed by atoms with van der Waals surface area (Å²) in [4.78, 5) is 22.7. The predicted molar refractivity (Wildman–Crippen MR) is 63.5 cm³/mol. The molecular weight excluding hydrogens is 234 g/mol. The molecule has 2 atom stereocenters. The van der Waals surface area contributed by atoms with Crippen LogP contribution in [0.3, 0.4) is 0 Å². The number of carbonyl (C=O) groups is 2. The number of carboxylic acid groups (broad SMARTS) is 1. The second kappa shape index (κ2) is 5.20. The van der Waals surface area contributed by atoms with E-state index in [4.69, 9.17) is 5.11 Å². The van der Waals surface area contributed by atoms with Crippen LogP contribution in [0.25, 0.3) is 0 Å². The van der Waals surface area contributed by atoms with Crippen molar-refractivity contribution in [2.45, 2.75) is 25.8 Å². The van der Waals surface area contributed by atoms with E-state index < -0.39 is 5.97 Å². The van der Waals surface area contributed by atoms with Gasteiger partial charge in [-0.1, -0.05) is 0 Å². The maximum atomic E-state index is 11.9. The summed E-state index contributed by atoms with van der Waals surface area (Å²) in [6.07, 6.45) is 3.39. The number of aromatic nitrogens is 2. The van der Waals surface area contributed by atoms with Gasteiger partial charge in [-0.25, -0.2) is 0 Å². The topological polar surface area (TPSA) is 84.2 Å². The molecule has 1 aliphatic rings. The van der Waals surface area contributed by atoms with Crippen molar-refractivity contribution >= 4 is 11.9 Å². The van der Waals surface area contributed by atoms with Gasteiger partial charge in [0.1, 0.15) is 0 Å². The molecule has 98 valence electrons. The van der Waals surface area contributed by atoms with Gasteiger partial charge in [-0.05, 0) is 25.3 Å². The van der Waals surface area contributed by atoms with Crippen molar-refractivity contribution in [3.63, 3.8) is 0 Å². The summed E-state index contributed by atoms with van der Waals surface area (Å²) in [5.41, 5.74) is 0.927. The van der Waals surface area contributed by atoms with E-state index in [-0.39, 0.29) is 17.7 Å². The van der Waals surface area contributed by atoms with Gasteiger partial charge in [0, 0.05) is 19.2 Å². The molecule has 2 rings (SSSR count). The van der Waals surface area contributed by atoms with Crippen LogP contribution >= 0.6 is 0 Å². The zero-order valence-electron chi connectivity index (χ0n) is 10.3. The number of aliphatic carboxylic acids is 1. The van der Waals surface area contributed by atoms with Gasteiger partial charge in [0.2, 0.25) is 5.91 Å². The molecule has 6 heteroatoms. The fourth-order valence-electron chi connectivity index (χ4n) is 2.34. The number of hydrogen-bond acceptors (Lipinski definition) is 3. The highest BCUT2D eigenvalue weighted by Crippen LogP contribution is 2.31. The molecule has 0 bridgehead atoms. The van der Waals surface area contributed by atoms with Gasteiger partial charge in [0.05, 0.1) is 18.2 Å². The van der Waals surface area contributed by atoms with Crippen LogP contribution < -0.4 is 5.32 Å². The smallest absolute Gasteiger partial charge is 0.306 e. The highest BCUT2D eigenvalue weighted by atomic mass is 16.4. The van der Waals surface area contributed by atoms with E-state index >= 15 is 0 Å². The van der Waals surface area contributed by atoms with E-state index in [0.717, 1.165) is 5.69 Å². The molecule has 1 aromatic heterocycles. The van der Waals surface area contributed by atoms with Crippen molar-refractivity contribution in [3.8, 4) is 0 Å². The van der Waals surface area contributed by atoms with Gasteiger partial charge < -0.3 is 10.4 Å². The quantitative estimate of drug-likeness (QED) is 0.818. The zero-order valence-corrected chi connectivity index (χ0v) is 10.3. The molecule has 0 aliphatic heterocycles. The second-order valence-corrected chi connectivity index (χ2v) is 4.71. The average molecular weight is 251 g/mol. The first kappa shape index (κ1) is 12.6. The summed E-state index contributed by atoms with van der Waals surface area (Å²) in [7, 11) is 1.82. The first-order valence-electron chi connectivity index (χ1n) is 6.05. The van der Waals surface area contributed by atoms with E-state index in [2.05, 4.69) is 10.4 Å². The Labute approximate surface area is 105 Å². The first-order chi connectivity index (χ1) is 8.58. The van der Waals surface area contributed by atoms with Crippen LogP contribution in [0, 0.1) is 11.8 Å². The Balaban J connectivity index is 1.83. The van der Waals surface area contributed by atoms with Crippen molar-refractivity contribution in [3.05, 3.63) is 18.0 Å². The van der Waals surface area contributed by atoms with Gasteiger partial charge in [0.25, 0.3) is 0 Å². The normalized spacial score (nSPS) is 22.9. The van der Waals surface area contributed by atoms with E-state index in [1.54, 1.807) is 10.9 Å². The Bertz CT molecular complexity index is 455. The highest BCUT2D eigenvalue weighted by Gasteiger charge is 2.33. The molecule has 2 N–H and O–H groups in total. The van der Waals surface area contributed by atoms with Crippen LogP contribution in [0.2, 0.25) is 0 Å². The number of aryl methyl sites for hydroxylation is 1. The van der Waals surface area contributed by atoms with Crippen LogP contribution in [-0.2, 0) is 23.2 Å². The van der Waals surface area contributed by atoms with Crippen LogP contribution in [0.5, 0.6) is 0 Å². The molecule has 0 radical (unpaired) electrons. The summed E-state index contributed by atoms with van der Waals surface area (Å²) < 4.78 is 1.70. The second-order valence-electron chi connectivity index (χ2n) is 4.71. The van der Waals surface area contributed by atoms with Crippen molar-refractivity contribution in [2.24, 2.45) is 18.9 Å². The minimum atomic E-state index is -0.795. The Morgan fingerprint density at radius 1 is 1.50 bits per heavy atom. The molecule has 1 saturated carbocycles. The molecule has 0 unspecified atom stereocenters. The minimum absolute atomic E-state index is 0.0556. The Morgan fingerprint density at radius 3 is 2.78 bits per heavy atom. The summed E-state index contributed by atoms with van der Waals surface area (Å²) in [5.74, 6) is -1.38. The van der Waals surface area contributed by atoms with Gasteiger partial charge in [0.15, 0.2) is 0 Å². The van der Waals surface area contributed by atoms with Gasteiger partial charge in [-0.2, -0.15) is 5.10 Å². The zero-order chi connectivity index (χ0) is 13.1. The molecule has 1 aliphatic carbocycles. The van der Waals surface area contributed by atoms with Crippen LogP contribution in [-0.4, -0.2) is 26.8 Å². The third-order valence-electron chi connectivity index (χ3n) is 3.52. The Morgan fingerprint density at radius 2 is 2.22 bits per heavy atom. The fraction of sp³-hybridized carbons (Fsp3) is 0.583. The maximum absolute atomic E-state index is 11.9. The largest absolute Gasteiger partial charge is 0.481 e. The molecule has 0 saturated heterocycles. The molecule has 18 heavy (non-hydrogen) atoms. The Hall–Kier alpha value is -1.85. The highest BCUT2D eigenvalue weighted by molar-refractivity contribution is 5.80. The third-order valence-corrected chi connectivity index (χ3v) is 3.52. The monoisotopic (exact) mass is 251 g/mol. The summed E-state index contributed by atoms with van der Waals surface area (Å²) in [5, 5.41) is 15.7. The standard InChI is InChI=1S/C12H17N3O3/c1-15-10(4-5-14-15)7-13-11(16)8-2-3-9(6-8)12(17)18/h4-5,8-9H,2-3,6-7H2,1H3,(H,13,16)(H,17,18)/t8-,9+/m1/s1. The Kier molecular flexibility index (Phi) is 3.64.